The van der Waals surface area contributed by atoms with Crippen LogP contribution >= 0.6 is 0 Å². The Bertz CT molecular complexity index is 662. The van der Waals surface area contributed by atoms with E-state index in [1.54, 1.807) is 0 Å². The molecule has 1 unspecified atom stereocenters. The molecule has 0 fully saturated rings. The van der Waals surface area contributed by atoms with Crippen LogP contribution in [0.3, 0.4) is 0 Å². The second kappa shape index (κ2) is 5.91. The third kappa shape index (κ3) is 3.18. The van der Waals surface area contributed by atoms with Gasteiger partial charge in [0.25, 0.3) is 0 Å². The Morgan fingerprint density at radius 1 is 1.48 bits per heavy atom. The topological polar surface area (TPSA) is 68.0 Å². The van der Waals surface area contributed by atoms with Crippen molar-refractivity contribution in [2.75, 3.05) is 5.32 Å². The monoisotopic (exact) mass is 283 g/mol. The van der Waals surface area contributed by atoms with Gasteiger partial charge in [0.05, 0.1) is 0 Å². The average Bonchev–Trinajstić information content (AvgIpc) is 3.14. The number of allylic oxidation sites excluding steroid dienone is 2. The highest BCUT2D eigenvalue weighted by Crippen LogP contribution is 2.25. The van der Waals surface area contributed by atoms with E-state index >= 15 is 0 Å². The van der Waals surface area contributed by atoms with Gasteiger partial charge in [-0.05, 0) is 43.4 Å². The minimum atomic E-state index is 0.0392. The fraction of sp³-hybridized carbons (Fsp3) is 0.312. The van der Waals surface area contributed by atoms with Crippen LogP contribution in [0.15, 0.2) is 41.2 Å². The zero-order valence-electron chi connectivity index (χ0n) is 11.9. The number of carbonyl (C=O) groups excluding carboxylic acids is 1. The average molecular weight is 283 g/mol. The summed E-state index contributed by atoms with van der Waals surface area (Å²) < 4.78 is 5.18. The number of benzene rings is 1. The van der Waals surface area contributed by atoms with Gasteiger partial charge in [-0.15, -0.1) is 10.2 Å². The Morgan fingerprint density at radius 3 is 3.10 bits per heavy atom. The molecule has 108 valence electrons. The van der Waals surface area contributed by atoms with Crippen LogP contribution in [0.5, 0.6) is 0 Å². The number of rotatable bonds is 4. The summed E-state index contributed by atoms with van der Waals surface area (Å²) in [6.07, 6.45) is 8.22. The Balaban J connectivity index is 1.73. The second-order valence-corrected chi connectivity index (χ2v) is 5.29. The molecule has 3 rings (SSSR count). The molecule has 0 saturated heterocycles. The van der Waals surface area contributed by atoms with Crippen molar-refractivity contribution in [2.24, 2.45) is 5.92 Å². The number of anilines is 1. The number of aryl methyl sites for hydroxylation is 1. The van der Waals surface area contributed by atoms with Gasteiger partial charge in [0, 0.05) is 17.7 Å². The fourth-order valence-corrected chi connectivity index (χ4v) is 2.49. The molecule has 1 heterocycles. The smallest absolute Gasteiger partial charge is 0.247 e. The van der Waals surface area contributed by atoms with Crippen LogP contribution in [0.4, 0.5) is 5.69 Å². The molecule has 0 spiro atoms. The van der Waals surface area contributed by atoms with Gasteiger partial charge in [-0.3, -0.25) is 4.79 Å². The predicted octanol–water partition coefficient (Wildman–Crippen LogP) is 3.34. The molecule has 21 heavy (non-hydrogen) atoms. The first kappa shape index (κ1) is 13.5. The Hall–Kier alpha value is -2.43. The molecular formula is C16H17N3O2. The molecule has 0 aliphatic heterocycles. The van der Waals surface area contributed by atoms with Crippen molar-refractivity contribution in [3.8, 4) is 11.5 Å². The zero-order valence-corrected chi connectivity index (χ0v) is 11.9. The maximum atomic E-state index is 12.1. The molecule has 2 aromatic rings. The normalized spacial score (nSPS) is 17.1. The van der Waals surface area contributed by atoms with E-state index in [2.05, 4.69) is 27.7 Å². The van der Waals surface area contributed by atoms with Crippen molar-refractivity contribution in [2.45, 2.75) is 26.2 Å². The summed E-state index contributed by atoms with van der Waals surface area (Å²) in [6.45, 7) is 1.96. The van der Waals surface area contributed by atoms with Crippen LogP contribution < -0.4 is 5.32 Å². The first-order valence-electron chi connectivity index (χ1n) is 7.06. The Labute approximate surface area is 123 Å². The van der Waals surface area contributed by atoms with Crippen LogP contribution in [0, 0.1) is 12.8 Å². The summed E-state index contributed by atoms with van der Waals surface area (Å²) in [7, 11) is 0. The third-order valence-electron chi connectivity index (χ3n) is 3.68. The number of nitrogens with zero attached hydrogens (tertiary/aromatic N) is 2. The number of carbonyl (C=O) groups is 1. The number of aromatic nitrogens is 2. The maximum Gasteiger partial charge on any atom is 0.247 e. The molecule has 0 radical (unpaired) electrons. The first-order valence-corrected chi connectivity index (χ1v) is 7.06. The van der Waals surface area contributed by atoms with Gasteiger partial charge in [-0.25, -0.2) is 0 Å². The molecule has 1 aromatic heterocycles. The van der Waals surface area contributed by atoms with Crippen molar-refractivity contribution >= 4 is 11.6 Å². The van der Waals surface area contributed by atoms with Crippen molar-refractivity contribution in [1.29, 1.82) is 0 Å². The first-order chi connectivity index (χ1) is 10.2. The molecule has 0 saturated carbocycles. The lowest BCUT2D eigenvalue weighted by Gasteiger charge is -2.11. The van der Waals surface area contributed by atoms with E-state index < -0.39 is 0 Å². The van der Waals surface area contributed by atoms with E-state index in [9.17, 15) is 4.79 Å². The number of amides is 1. The van der Waals surface area contributed by atoms with Crippen LogP contribution in [0.25, 0.3) is 11.5 Å². The minimum absolute atomic E-state index is 0.0392. The Kier molecular flexibility index (Phi) is 3.81. The molecule has 5 heteroatoms. The van der Waals surface area contributed by atoms with Gasteiger partial charge in [-0.1, -0.05) is 18.2 Å². The lowest BCUT2D eigenvalue weighted by atomic mass is 10.0. The van der Waals surface area contributed by atoms with Crippen molar-refractivity contribution < 1.29 is 9.21 Å². The van der Waals surface area contributed by atoms with Gasteiger partial charge in [-0.2, -0.15) is 0 Å². The maximum absolute atomic E-state index is 12.1. The highest BCUT2D eigenvalue weighted by molar-refractivity contribution is 5.92. The number of hydrogen-bond donors (Lipinski definition) is 1. The standard InChI is InChI=1S/C16H17N3O2/c1-11-6-7-13(16-19-17-10-21-16)9-14(11)18-15(20)8-12-4-2-3-5-12/h2,4,6-7,9-10,12H,3,5,8H2,1H3,(H,18,20). The summed E-state index contributed by atoms with van der Waals surface area (Å²) >= 11 is 0. The summed E-state index contributed by atoms with van der Waals surface area (Å²) in [6, 6.07) is 5.70. The number of hydrogen-bond acceptors (Lipinski definition) is 4. The molecule has 1 aliphatic carbocycles. The molecule has 1 aliphatic rings. The summed E-state index contributed by atoms with van der Waals surface area (Å²) in [5.74, 6) is 0.853. The zero-order chi connectivity index (χ0) is 14.7. The minimum Gasteiger partial charge on any atom is -0.423 e. The highest BCUT2D eigenvalue weighted by Gasteiger charge is 2.15. The molecule has 1 amide bonds. The lowest BCUT2D eigenvalue weighted by Crippen LogP contribution is -2.15. The van der Waals surface area contributed by atoms with E-state index in [0.717, 1.165) is 29.7 Å². The largest absolute Gasteiger partial charge is 0.423 e. The SMILES string of the molecule is Cc1ccc(-c2nnco2)cc1NC(=O)CC1C=CCC1. The third-order valence-corrected chi connectivity index (χ3v) is 3.68. The molecule has 0 bridgehead atoms. The molecular weight excluding hydrogens is 266 g/mol. The van der Waals surface area contributed by atoms with Gasteiger partial charge >= 0.3 is 0 Å². The summed E-state index contributed by atoms with van der Waals surface area (Å²) in [4.78, 5) is 12.1. The van der Waals surface area contributed by atoms with Gasteiger partial charge in [0.1, 0.15) is 0 Å². The quantitative estimate of drug-likeness (QED) is 0.874. The highest BCUT2D eigenvalue weighted by atomic mass is 16.4. The summed E-state index contributed by atoms with van der Waals surface area (Å²) in [5.41, 5.74) is 2.60. The number of nitrogens with one attached hydrogen (secondary N) is 1. The van der Waals surface area contributed by atoms with Gasteiger partial charge < -0.3 is 9.73 Å². The molecule has 1 aromatic carbocycles. The van der Waals surface area contributed by atoms with Crippen LogP contribution in [-0.4, -0.2) is 16.1 Å². The van der Waals surface area contributed by atoms with Crippen molar-refractivity contribution in [3.63, 3.8) is 0 Å². The fourth-order valence-electron chi connectivity index (χ4n) is 2.49. The van der Waals surface area contributed by atoms with E-state index in [1.807, 2.05) is 25.1 Å². The van der Waals surface area contributed by atoms with Crippen molar-refractivity contribution in [1.82, 2.24) is 10.2 Å². The van der Waals surface area contributed by atoms with E-state index in [1.165, 1.54) is 6.39 Å². The molecule has 1 atom stereocenters. The van der Waals surface area contributed by atoms with E-state index in [4.69, 9.17) is 4.42 Å². The van der Waals surface area contributed by atoms with Gasteiger partial charge in [0.2, 0.25) is 18.2 Å². The van der Waals surface area contributed by atoms with E-state index in [0.29, 0.717) is 18.2 Å². The summed E-state index contributed by atoms with van der Waals surface area (Å²) in [5, 5.41) is 10.5. The van der Waals surface area contributed by atoms with Crippen LogP contribution in [0.1, 0.15) is 24.8 Å². The van der Waals surface area contributed by atoms with Crippen LogP contribution in [-0.2, 0) is 4.79 Å². The van der Waals surface area contributed by atoms with Crippen molar-refractivity contribution in [3.05, 3.63) is 42.3 Å². The lowest BCUT2D eigenvalue weighted by molar-refractivity contribution is -0.116. The molecule has 1 N–H and O–H groups in total. The van der Waals surface area contributed by atoms with Crippen LogP contribution in [0.2, 0.25) is 0 Å². The second-order valence-electron chi connectivity index (χ2n) is 5.29. The molecule has 5 nitrogen and oxygen atoms in total. The van der Waals surface area contributed by atoms with Gasteiger partial charge in [0.15, 0.2) is 0 Å². The van der Waals surface area contributed by atoms with E-state index in [-0.39, 0.29) is 5.91 Å². The Morgan fingerprint density at radius 2 is 2.38 bits per heavy atom. The predicted molar refractivity (Wildman–Crippen MR) is 79.6 cm³/mol.